The lowest BCUT2D eigenvalue weighted by Crippen LogP contribution is -2.44. The highest BCUT2D eigenvalue weighted by Crippen LogP contribution is 2.36. The van der Waals surface area contributed by atoms with Gasteiger partial charge in [0.2, 0.25) is 0 Å². The zero-order valence-electron chi connectivity index (χ0n) is 16.4. The number of benzene rings is 1. The summed E-state index contributed by atoms with van der Waals surface area (Å²) in [6.45, 7) is 5.99. The number of halogens is 1. The number of hydrogen-bond donors (Lipinski definition) is 2. The van der Waals surface area contributed by atoms with Gasteiger partial charge in [-0.3, -0.25) is 10.1 Å². The molecule has 1 rings (SSSR count). The fraction of sp³-hybridized carbons (Fsp3) is 0.471. The van der Waals surface area contributed by atoms with Gasteiger partial charge in [-0.25, -0.2) is 18.8 Å². The second-order valence-electron chi connectivity index (χ2n) is 6.81. The molecular formula is C17H21FN2O8S. The Morgan fingerprint density at radius 3 is 2.41 bits per heavy atom. The molecule has 1 amide bonds. The first-order valence-corrected chi connectivity index (χ1v) is 9.18. The van der Waals surface area contributed by atoms with Crippen molar-refractivity contribution >= 4 is 35.5 Å². The minimum Gasteiger partial charge on any atom is -0.480 e. The average Bonchev–Trinajstić information content (AvgIpc) is 2.58. The van der Waals surface area contributed by atoms with Gasteiger partial charge in [-0.15, -0.1) is 11.8 Å². The predicted molar refractivity (Wildman–Crippen MR) is 101 cm³/mol. The quantitative estimate of drug-likeness (QED) is 0.287. The third-order valence-electron chi connectivity index (χ3n) is 3.41. The van der Waals surface area contributed by atoms with Crippen molar-refractivity contribution in [2.75, 3.05) is 12.9 Å². The summed E-state index contributed by atoms with van der Waals surface area (Å²) in [7, 11) is 1.01. The molecule has 160 valence electrons. The molecule has 0 bridgehead atoms. The Labute approximate surface area is 169 Å². The number of methoxy groups -OCH3 is 1. The molecule has 1 aromatic rings. The third kappa shape index (κ3) is 6.59. The maximum Gasteiger partial charge on any atom is 0.408 e. The molecule has 0 saturated heterocycles. The monoisotopic (exact) mass is 432 g/mol. The Balaban J connectivity index is 3.16. The van der Waals surface area contributed by atoms with E-state index < -0.39 is 51.7 Å². The SMILES string of the molecule is COC(=O)c1cc([N+](=O)[O-])c(SC[C@H](NC(=O)OC(C)(C)C)C(=O)O)c(C)c1F. The molecule has 0 aromatic heterocycles. The largest absolute Gasteiger partial charge is 0.480 e. The van der Waals surface area contributed by atoms with E-state index >= 15 is 0 Å². The van der Waals surface area contributed by atoms with Crippen molar-refractivity contribution in [2.24, 2.45) is 0 Å². The fourth-order valence-corrected chi connectivity index (χ4v) is 3.27. The molecule has 0 saturated carbocycles. The molecule has 2 N–H and O–H groups in total. The second kappa shape index (κ2) is 9.54. The van der Waals surface area contributed by atoms with Crippen molar-refractivity contribution in [3.8, 4) is 0 Å². The Bertz CT molecular complexity index is 838. The average molecular weight is 432 g/mol. The molecule has 0 aliphatic heterocycles. The van der Waals surface area contributed by atoms with Crippen molar-refractivity contribution in [1.82, 2.24) is 5.32 Å². The molecular weight excluding hydrogens is 411 g/mol. The van der Waals surface area contributed by atoms with E-state index in [0.717, 1.165) is 13.2 Å². The lowest BCUT2D eigenvalue weighted by molar-refractivity contribution is -0.387. The topological polar surface area (TPSA) is 145 Å². The Kier molecular flexibility index (Phi) is 7.95. The smallest absolute Gasteiger partial charge is 0.408 e. The van der Waals surface area contributed by atoms with Crippen LogP contribution in [0.25, 0.3) is 0 Å². The highest BCUT2D eigenvalue weighted by atomic mass is 32.2. The van der Waals surface area contributed by atoms with Gasteiger partial charge in [-0.2, -0.15) is 0 Å². The van der Waals surface area contributed by atoms with E-state index in [1.165, 1.54) is 6.92 Å². The van der Waals surface area contributed by atoms with Crippen LogP contribution in [0.1, 0.15) is 36.7 Å². The summed E-state index contributed by atoms with van der Waals surface area (Å²) in [5.74, 6) is -3.86. The lowest BCUT2D eigenvalue weighted by atomic mass is 10.1. The van der Waals surface area contributed by atoms with Gasteiger partial charge in [-0.1, -0.05) is 0 Å². The van der Waals surface area contributed by atoms with Crippen molar-refractivity contribution in [1.29, 1.82) is 0 Å². The summed E-state index contributed by atoms with van der Waals surface area (Å²) >= 11 is 0.656. The van der Waals surface area contributed by atoms with Gasteiger partial charge in [0.15, 0.2) is 0 Å². The minimum atomic E-state index is -1.46. The van der Waals surface area contributed by atoms with Crippen molar-refractivity contribution in [2.45, 2.75) is 44.2 Å². The molecule has 0 radical (unpaired) electrons. The number of nitrogens with one attached hydrogen (secondary N) is 1. The number of alkyl carbamates (subject to hydrolysis) is 1. The molecule has 0 aliphatic rings. The standard InChI is InChI=1S/C17H21FN2O8S/c1-8-12(18)9(15(23)27-5)6-11(20(25)26)13(8)29-7-10(14(21)22)19-16(24)28-17(2,3)4/h6,10H,7H2,1-5H3,(H,19,24)(H,21,22)/t10-/m0/s1. The number of carbonyl (C=O) groups excluding carboxylic acids is 2. The number of nitro groups is 1. The van der Waals surface area contributed by atoms with Crippen molar-refractivity contribution in [3.05, 3.63) is 33.1 Å². The summed E-state index contributed by atoms with van der Waals surface area (Å²) in [5.41, 5.74) is -2.27. The molecule has 29 heavy (non-hydrogen) atoms. The zero-order valence-corrected chi connectivity index (χ0v) is 17.2. The van der Waals surface area contributed by atoms with Gasteiger partial charge in [0, 0.05) is 17.4 Å². The Morgan fingerprint density at radius 1 is 1.38 bits per heavy atom. The van der Waals surface area contributed by atoms with Gasteiger partial charge in [0.25, 0.3) is 5.69 Å². The van der Waals surface area contributed by atoms with Crippen LogP contribution in [0.5, 0.6) is 0 Å². The summed E-state index contributed by atoms with van der Waals surface area (Å²) < 4.78 is 23.9. The van der Waals surface area contributed by atoms with E-state index in [2.05, 4.69) is 10.1 Å². The fourth-order valence-electron chi connectivity index (χ4n) is 2.13. The number of carbonyl (C=O) groups is 3. The van der Waals surface area contributed by atoms with E-state index in [1.807, 2.05) is 0 Å². The number of aliphatic carboxylic acids is 1. The zero-order chi connectivity index (χ0) is 22.5. The highest BCUT2D eigenvalue weighted by molar-refractivity contribution is 7.99. The van der Waals surface area contributed by atoms with Crippen LogP contribution in [-0.2, 0) is 14.3 Å². The lowest BCUT2D eigenvalue weighted by Gasteiger charge is -2.22. The van der Waals surface area contributed by atoms with Crippen LogP contribution >= 0.6 is 11.8 Å². The van der Waals surface area contributed by atoms with Crippen LogP contribution < -0.4 is 5.32 Å². The molecule has 10 nitrogen and oxygen atoms in total. The van der Waals surface area contributed by atoms with Crippen LogP contribution in [0.4, 0.5) is 14.9 Å². The van der Waals surface area contributed by atoms with Gasteiger partial charge < -0.3 is 19.9 Å². The number of thioether (sulfide) groups is 1. The summed E-state index contributed by atoms with van der Waals surface area (Å²) in [6.07, 6.45) is -0.982. The predicted octanol–water partition coefficient (Wildman–Crippen LogP) is 2.90. The summed E-state index contributed by atoms with van der Waals surface area (Å²) in [6, 6.07) is -0.731. The number of nitro benzene ring substituents is 1. The van der Waals surface area contributed by atoms with Gasteiger partial charge in [0.05, 0.1) is 16.9 Å². The van der Waals surface area contributed by atoms with E-state index in [9.17, 15) is 34.0 Å². The number of ether oxygens (including phenoxy) is 2. The van der Waals surface area contributed by atoms with E-state index in [1.54, 1.807) is 20.8 Å². The molecule has 0 unspecified atom stereocenters. The van der Waals surface area contributed by atoms with Crippen LogP contribution in [0, 0.1) is 22.9 Å². The first-order valence-electron chi connectivity index (χ1n) is 8.19. The van der Waals surface area contributed by atoms with E-state index in [0.29, 0.717) is 11.8 Å². The molecule has 12 heteroatoms. The van der Waals surface area contributed by atoms with Crippen LogP contribution in [0.3, 0.4) is 0 Å². The van der Waals surface area contributed by atoms with E-state index in [-0.39, 0.29) is 16.2 Å². The number of esters is 1. The van der Waals surface area contributed by atoms with Gasteiger partial charge in [0.1, 0.15) is 23.0 Å². The minimum absolute atomic E-state index is 0.169. The number of rotatable bonds is 7. The number of nitrogens with zero attached hydrogens (tertiary/aromatic N) is 1. The van der Waals surface area contributed by atoms with Crippen molar-refractivity contribution < 1.29 is 38.3 Å². The Hall–Kier alpha value is -2.89. The molecule has 0 fully saturated rings. The molecule has 1 atom stereocenters. The maximum absolute atomic E-state index is 14.5. The first kappa shape index (κ1) is 24.1. The summed E-state index contributed by atoms with van der Waals surface area (Å²) in [4.78, 5) is 45.2. The molecule has 0 aliphatic carbocycles. The van der Waals surface area contributed by atoms with E-state index in [4.69, 9.17) is 4.74 Å². The van der Waals surface area contributed by atoms with Crippen molar-refractivity contribution in [3.63, 3.8) is 0 Å². The molecule has 0 spiro atoms. The third-order valence-corrected chi connectivity index (χ3v) is 4.71. The number of hydrogen-bond acceptors (Lipinski definition) is 8. The normalized spacial score (nSPS) is 12.1. The second-order valence-corrected chi connectivity index (χ2v) is 7.84. The van der Waals surface area contributed by atoms with Crippen LogP contribution in [0.15, 0.2) is 11.0 Å². The van der Waals surface area contributed by atoms with Crippen LogP contribution in [-0.4, -0.2) is 52.6 Å². The number of amides is 1. The molecule has 1 aromatic carbocycles. The highest BCUT2D eigenvalue weighted by Gasteiger charge is 2.29. The Morgan fingerprint density at radius 2 is 1.97 bits per heavy atom. The first-order chi connectivity index (χ1) is 13.3. The number of carboxylic acid groups (broad SMARTS) is 1. The number of carboxylic acids is 1. The molecule has 0 heterocycles. The van der Waals surface area contributed by atoms with Crippen LogP contribution in [0.2, 0.25) is 0 Å². The maximum atomic E-state index is 14.5. The summed E-state index contributed by atoms with van der Waals surface area (Å²) in [5, 5.41) is 22.8. The van der Waals surface area contributed by atoms with Gasteiger partial charge >= 0.3 is 18.0 Å². The van der Waals surface area contributed by atoms with Gasteiger partial charge in [-0.05, 0) is 27.7 Å².